The summed E-state index contributed by atoms with van der Waals surface area (Å²) in [7, 11) is 0. The van der Waals surface area contributed by atoms with E-state index in [1.54, 1.807) is 0 Å². The molecule has 0 aromatic carbocycles. The molecule has 1 unspecified atom stereocenters. The number of unbranched alkanes of at least 4 members (excludes halogenated alkanes) is 7. The fourth-order valence-corrected chi connectivity index (χ4v) is 2.11. The first-order valence-corrected chi connectivity index (χ1v) is 6.79. The lowest BCUT2D eigenvalue weighted by atomic mass is 10.1. The highest BCUT2D eigenvalue weighted by molar-refractivity contribution is 5.61. The first-order valence-electron chi connectivity index (χ1n) is 6.79. The summed E-state index contributed by atoms with van der Waals surface area (Å²) < 4.78 is 0. The van der Waals surface area contributed by atoms with Crippen molar-refractivity contribution in [3.05, 3.63) is 12.7 Å². The topological polar surface area (TPSA) is 24.4 Å². The van der Waals surface area contributed by atoms with Gasteiger partial charge in [-0.15, -0.1) is 6.58 Å². The molecule has 0 radical (unpaired) electrons. The zero-order valence-electron chi connectivity index (χ0n) is 10.5. The SMILES string of the molecule is C=CCCCCCCCCCC1N=CCN1. The zero-order chi connectivity index (χ0) is 11.5. The van der Waals surface area contributed by atoms with E-state index in [0.717, 1.165) is 6.54 Å². The summed E-state index contributed by atoms with van der Waals surface area (Å²) in [6.45, 7) is 4.71. The van der Waals surface area contributed by atoms with Gasteiger partial charge in [0, 0.05) is 12.8 Å². The summed E-state index contributed by atoms with van der Waals surface area (Å²) in [5.74, 6) is 0. The fourth-order valence-electron chi connectivity index (χ4n) is 2.11. The van der Waals surface area contributed by atoms with Crippen LogP contribution in [0.1, 0.15) is 57.8 Å². The highest BCUT2D eigenvalue weighted by Gasteiger charge is 2.07. The Morgan fingerprint density at radius 2 is 1.81 bits per heavy atom. The molecule has 1 aliphatic rings. The largest absolute Gasteiger partial charge is 0.291 e. The average molecular weight is 222 g/mol. The average Bonchev–Trinajstić information content (AvgIpc) is 2.80. The van der Waals surface area contributed by atoms with Crippen LogP contribution in [-0.4, -0.2) is 18.9 Å². The maximum atomic E-state index is 4.36. The van der Waals surface area contributed by atoms with Gasteiger partial charge in [0.1, 0.15) is 0 Å². The van der Waals surface area contributed by atoms with Crippen LogP contribution in [-0.2, 0) is 0 Å². The first-order chi connectivity index (χ1) is 7.93. The van der Waals surface area contributed by atoms with Crippen LogP contribution in [0.5, 0.6) is 0 Å². The van der Waals surface area contributed by atoms with Gasteiger partial charge in [-0.05, 0) is 25.7 Å². The Morgan fingerprint density at radius 3 is 2.44 bits per heavy atom. The van der Waals surface area contributed by atoms with E-state index in [2.05, 4.69) is 16.9 Å². The molecule has 1 N–H and O–H groups in total. The first kappa shape index (κ1) is 13.4. The van der Waals surface area contributed by atoms with E-state index in [0.29, 0.717) is 6.17 Å². The number of nitrogens with one attached hydrogen (secondary N) is 1. The van der Waals surface area contributed by atoms with Crippen LogP contribution in [0.25, 0.3) is 0 Å². The molecule has 0 fully saturated rings. The maximum absolute atomic E-state index is 4.36. The summed E-state index contributed by atoms with van der Waals surface area (Å²) >= 11 is 0. The van der Waals surface area contributed by atoms with Gasteiger partial charge < -0.3 is 0 Å². The number of hydrogen-bond donors (Lipinski definition) is 1. The molecule has 92 valence electrons. The maximum Gasteiger partial charge on any atom is 0.0993 e. The van der Waals surface area contributed by atoms with E-state index < -0.39 is 0 Å². The molecule has 2 nitrogen and oxygen atoms in total. The summed E-state index contributed by atoms with van der Waals surface area (Å²) in [6, 6.07) is 0. The van der Waals surface area contributed by atoms with Gasteiger partial charge in [0.2, 0.25) is 0 Å². The number of allylic oxidation sites excluding steroid dienone is 1. The second kappa shape index (κ2) is 9.59. The van der Waals surface area contributed by atoms with E-state index >= 15 is 0 Å². The molecule has 1 aliphatic heterocycles. The number of rotatable bonds is 10. The lowest BCUT2D eigenvalue weighted by Crippen LogP contribution is -2.21. The van der Waals surface area contributed by atoms with Gasteiger partial charge in [0.05, 0.1) is 6.17 Å². The standard InChI is InChI=1S/C14H26N2/c1-2-3-4-5-6-7-8-9-10-11-14-15-12-13-16-14/h2,12,14,16H,1,3-11,13H2. The lowest BCUT2D eigenvalue weighted by Gasteiger charge is -2.07. The molecule has 1 rings (SSSR count). The highest BCUT2D eigenvalue weighted by atomic mass is 15.1. The van der Waals surface area contributed by atoms with Crippen LogP contribution < -0.4 is 5.32 Å². The molecular formula is C14H26N2. The molecule has 0 saturated heterocycles. The van der Waals surface area contributed by atoms with Crippen molar-refractivity contribution < 1.29 is 0 Å². The molecule has 1 atom stereocenters. The Balaban J connectivity index is 1.74. The van der Waals surface area contributed by atoms with Crippen LogP contribution >= 0.6 is 0 Å². The van der Waals surface area contributed by atoms with Crippen molar-refractivity contribution in [2.75, 3.05) is 6.54 Å². The number of hydrogen-bond acceptors (Lipinski definition) is 2. The van der Waals surface area contributed by atoms with Crippen molar-refractivity contribution in [3.63, 3.8) is 0 Å². The van der Waals surface area contributed by atoms with E-state index in [1.165, 1.54) is 57.8 Å². The van der Waals surface area contributed by atoms with Crippen LogP contribution in [0.15, 0.2) is 17.6 Å². The molecule has 0 bridgehead atoms. The predicted octanol–water partition coefficient (Wildman–Crippen LogP) is 3.68. The molecular weight excluding hydrogens is 196 g/mol. The summed E-state index contributed by atoms with van der Waals surface area (Å²) in [4.78, 5) is 4.36. The molecule has 16 heavy (non-hydrogen) atoms. The monoisotopic (exact) mass is 222 g/mol. The second-order valence-corrected chi connectivity index (χ2v) is 4.60. The smallest absolute Gasteiger partial charge is 0.0993 e. The zero-order valence-corrected chi connectivity index (χ0v) is 10.5. The molecule has 0 spiro atoms. The van der Waals surface area contributed by atoms with Gasteiger partial charge in [-0.3, -0.25) is 10.3 Å². The van der Waals surface area contributed by atoms with E-state index in [9.17, 15) is 0 Å². The van der Waals surface area contributed by atoms with Crippen molar-refractivity contribution in [1.82, 2.24) is 5.32 Å². The number of nitrogens with zero attached hydrogens (tertiary/aromatic N) is 1. The Bertz CT molecular complexity index is 199. The van der Waals surface area contributed by atoms with E-state index in [1.807, 2.05) is 12.3 Å². The van der Waals surface area contributed by atoms with Gasteiger partial charge in [-0.25, -0.2) is 0 Å². The third kappa shape index (κ3) is 6.78. The second-order valence-electron chi connectivity index (χ2n) is 4.60. The van der Waals surface area contributed by atoms with Crippen molar-refractivity contribution in [3.8, 4) is 0 Å². The predicted molar refractivity (Wildman–Crippen MR) is 72.0 cm³/mol. The molecule has 2 heteroatoms. The molecule has 0 aliphatic carbocycles. The Morgan fingerprint density at radius 1 is 1.12 bits per heavy atom. The Kier molecular flexibility index (Phi) is 8.05. The van der Waals surface area contributed by atoms with Crippen LogP contribution in [0, 0.1) is 0 Å². The van der Waals surface area contributed by atoms with Crippen molar-refractivity contribution in [2.24, 2.45) is 4.99 Å². The number of aliphatic imine (C=N–C) groups is 1. The highest BCUT2D eigenvalue weighted by Crippen LogP contribution is 2.11. The van der Waals surface area contributed by atoms with Crippen molar-refractivity contribution >= 4 is 6.21 Å². The Labute approximate surface area is 100 Å². The summed E-state index contributed by atoms with van der Waals surface area (Å²) in [5, 5.41) is 3.35. The molecule has 0 amide bonds. The van der Waals surface area contributed by atoms with Crippen molar-refractivity contribution in [1.29, 1.82) is 0 Å². The minimum atomic E-state index is 0.424. The molecule has 0 saturated carbocycles. The minimum Gasteiger partial charge on any atom is -0.291 e. The van der Waals surface area contributed by atoms with Gasteiger partial charge in [0.15, 0.2) is 0 Å². The van der Waals surface area contributed by atoms with Crippen LogP contribution in [0.4, 0.5) is 0 Å². The van der Waals surface area contributed by atoms with E-state index in [4.69, 9.17) is 0 Å². The van der Waals surface area contributed by atoms with Crippen molar-refractivity contribution in [2.45, 2.75) is 64.0 Å². The molecule has 0 aromatic heterocycles. The fraction of sp³-hybridized carbons (Fsp3) is 0.786. The van der Waals surface area contributed by atoms with E-state index in [-0.39, 0.29) is 0 Å². The summed E-state index contributed by atoms with van der Waals surface area (Å²) in [5.41, 5.74) is 0. The lowest BCUT2D eigenvalue weighted by molar-refractivity contribution is 0.502. The quantitative estimate of drug-likeness (QED) is 0.442. The molecule has 0 aromatic rings. The van der Waals surface area contributed by atoms with Crippen LogP contribution in [0.3, 0.4) is 0 Å². The molecule has 1 heterocycles. The van der Waals surface area contributed by atoms with Gasteiger partial charge in [0.25, 0.3) is 0 Å². The van der Waals surface area contributed by atoms with Gasteiger partial charge >= 0.3 is 0 Å². The Hall–Kier alpha value is -0.630. The third-order valence-corrected chi connectivity index (χ3v) is 3.12. The summed E-state index contributed by atoms with van der Waals surface area (Å²) in [6.07, 6.45) is 16.4. The van der Waals surface area contributed by atoms with Gasteiger partial charge in [-0.1, -0.05) is 38.2 Å². The third-order valence-electron chi connectivity index (χ3n) is 3.12. The minimum absolute atomic E-state index is 0.424. The normalized spacial score (nSPS) is 19.1. The van der Waals surface area contributed by atoms with Gasteiger partial charge in [-0.2, -0.15) is 0 Å². The van der Waals surface area contributed by atoms with Crippen LogP contribution in [0.2, 0.25) is 0 Å².